The molecule has 0 atom stereocenters. The van der Waals surface area contributed by atoms with Crippen LogP contribution in [0.15, 0.2) is 36.7 Å². The molecule has 0 radical (unpaired) electrons. The molecule has 3 N–H and O–H groups in total. The van der Waals surface area contributed by atoms with Crippen molar-refractivity contribution in [3.8, 4) is 0 Å². The van der Waals surface area contributed by atoms with Gasteiger partial charge in [-0.3, -0.25) is 9.78 Å². The van der Waals surface area contributed by atoms with Crippen LogP contribution in [0.3, 0.4) is 0 Å². The zero-order valence-corrected chi connectivity index (χ0v) is 11.1. The Balaban J connectivity index is 2.19. The highest BCUT2D eigenvalue weighted by Gasteiger charge is 2.20. The number of carbonyl (C=O) groups is 1. The van der Waals surface area contributed by atoms with Crippen LogP contribution in [0.2, 0.25) is 0 Å². The highest BCUT2D eigenvalue weighted by molar-refractivity contribution is 5.93. The molecule has 0 bridgehead atoms. The van der Waals surface area contributed by atoms with Crippen molar-refractivity contribution in [2.24, 2.45) is 0 Å². The van der Waals surface area contributed by atoms with Crippen molar-refractivity contribution in [1.29, 1.82) is 0 Å². The van der Waals surface area contributed by atoms with Gasteiger partial charge in [0.2, 0.25) is 0 Å². The first-order chi connectivity index (χ1) is 9.08. The van der Waals surface area contributed by atoms with Crippen LogP contribution in [0.25, 0.3) is 0 Å². The fourth-order valence-electron chi connectivity index (χ4n) is 1.84. The van der Waals surface area contributed by atoms with Gasteiger partial charge < -0.3 is 15.6 Å². The van der Waals surface area contributed by atoms with E-state index in [1.165, 1.54) is 0 Å². The van der Waals surface area contributed by atoms with Gasteiger partial charge in [0.15, 0.2) is 0 Å². The molecule has 2 aromatic heterocycles. The van der Waals surface area contributed by atoms with E-state index in [9.17, 15) is 4.79 Å². The Hall–Kier alpha value is -2.30. The molecule has 19 heavy (non-hydrogen) atoms. The van der Waals surface area contributed by atoms with Crippen LogP contribution in [0, 0.1) is 0 Å². The summed E-state index contributed by atoms with van der Waals surface area (Å²) in [5.74, 6) is -0.0719. The van der Waals surface area contributed by atoms with Gasteiger partial charge in [-0.25, -0.2) is 0 Å². The third-order valence-corrected chi connectivity index (χ3v) is 2.88. The smallest absolute Gasteiger partial charge is 0.270 e. The van der Waals surface area contributed by atoms with Crippen LogP contribution in [0.4, 0.5) is 5.69 Å². The van der Waals surface area contributed by atoms with E-state index in [0.29, 0.717) is 17.9 Å². The van der Waals surface area contributed by atoms with E-state index in [-0.39, 0.29) is 11.9 Å². The summed E-state index contributed by atoms with van der Waals surface area (Å²) in [7, 11) is 0. The molecular weight excluding hydrogens is 240 g/mol. The molecule has 0 aliphatic carbocycles. The van der Waals surface area contributed by atoms with Gasteiger partial charge in [-0.05, 0) is 32.0 Å². The number of aromatic amines is 1. The van der Waals surface area contributed by atoms with Crippen LogP contribution in [-0.2, 0) is 6.54 Å². The Morgan fingerprint density at radius 3 is 2.79 bits per heavy atom. The van der Waals surface area contributed by atoms with Gasteiger partial charge in [0.1, 0.15) is 5.69 Å². The first kappa shape index (κ1) is 13.1. The van der Waals surface area contributed by atoms with Crippen molar-refractivity contribution in [2.45, 2.75) is 26.4 Å². The molecule has 0 saturated heterocycles. The summed E-state index contributed by atoms with van der Waals surface area (Å²) < 4.78 is 0. The molecule has 0 spiro atoms. The van der Waals surface area contributed by atoms with Crippen LogP contribution in [0.1, 0.15) is 30.0 Å². The molecule has 1 amide bonds. The summed E-state index contributed by atoms with van der Waals surface area (Å²) in [5.41, 5.74) is 7.56. The highest BCUT2D eigenvalue weighted by atomic mass is 16.2. The average molecular weight is 258 g/mol. The Bertz CT molecular complexity index is 548. The Morgan fingerprint density at radius 1 is 1.47 bits per heavy atom. The molecule has 5 heteroatoms. The number of aromatic nitrogens is 2. The summed E-state index contributed by atoms with van der Waals surface area (Å²) in [5, 5.41) is 0. The maximum atomic E-state index is 12.4. The summed E-state index contributed by atoms with van der Waals surface area (Å²) in [6.07, 6.45) is 3.34. The van der Waals surface area contributed by atoms with Crippen molar-refractivity contribution in [3.63, 3.8) is 0 Å². The molecule has 0 saturated carbocycles. The fourth-order valence-corrected chi connectivity index (χ4v) is 1.84. The molecular formula is C14H18N4O. The minimum atomic E-state index is -0.0719. The number of rotatable bonds is 4. The van der Waals surface area contributed by atoms with Gasteiger partial charge in [-0.1, -0.05) is 6.07 Å². The summed E-state index contributed by atoms with van der Waals surface area (Å²) >= 11 is 0. The lowest BCUT2D eigenvalue weighted by Crippen LogP contribution is -2.36. The largest absolute Gasteiger partial charge is 0.397 e. The minimum Gasteiger partial charge on any atom is -0.397 e. The molecule has 0 aromatic carbocycles. The molecule has 2 aromatic rings. The summed E-state index contributed by atoms with van der Waals surface area (Å²) in [6, 6.07) is 7.41. The third kappa shape index (κ3) is 3.13. The second kappa shape index (κ2) is 5.56. The molecule has 2 rings (SSSR count). The number of nitrogen functional groups attached to an aromatic ring is 1. The van der Waals surface area contributed by atoms with Gasteiger partial charge in [0.25, 0.3) is 5.91 Å². The van der Waals surface area contributed by atoms with Gasteiger partial charge >= 0.3 is 0 Å². The molecule has 100 valence electrons. The predicted octanol–water partition coefficient (Wildman–Crippen LogP) is 2.04. The normalized spacial score (nSPS) is 10.7. The zero-order valence-electron chi connectivity index (χ0n) is 11.1. The van der Waals surface area contributed by atoms with E-state index in [2.05, 4.69) is 9.97 Å². The van der Waals surface area contributed by atoms with Gasteiger partial charge in [0.05, 0.1) is 12.2 Å². The van der Waals surface area contributed by atoms with Crippen molar-refractivity contribution in [1.82, 2.24) is 14.9 Å². The monoisotopic (exact) mass is 258 g/mol. The topological polar surface area (TPSA) is 75.0 Å². The summed E-state index contributed by atoms with van der Waals surface area (Å²) in [4.78, 5) is 21.3. The second-order valence-corrected chi connectivity index (χ2v) is 4.69. The predicted molar refractivity (Wildman–Crippen MR) is 74.5 cm³/mol. The SMILES string of the molecule is CC(C)N(Cc1ccccn1)C(=O)c1cc(N)c[nH]1. The van der Waals surface area contributed by atoms with E-state index >= 15 is 0 Å². The number of carbonyl (C=O) groups excluding carboxylic acids is 1. The molecule has 0 aliphatic heterocycles. The quantitative estimate of drug-likeness (QED) is 0.881. The fraction of sp³-hybridized carbons (Fsp3) is 0.286. The maximum Gasteiger partial charge on any atom is 0.270 e. The number of pyridine rings is 1. The van der Waals surface area contributed by atoms with Crippen molar-refractivity contribution >= 4 is 11.6 Å². The van der Waals surface area contributed by atoms with Crippen LogP contribution in [0.5, 0.6) is 0 Å². The number of nitrogens with one attached hydrogen (secondary N) is 1. The van der Waals surface area contributed by atoms with Gasteiger partial charge in [-0.2, -0.15) is 0 Å². The number of hydrogen-bond donors (Lipinski definition) is 2. The molecule has 0 unspecified atom stereocenters. The first-order valence-corrected chi connectivity index (χ1v) is 6.22. The number of nitrogens with zero attached hydrogens (tertiary/aromatic N) is 2. The lowest BCUT2D eigenvalue weighted by molar-refractivity contribution is 0.0682. The standard InChI is InChI=1S/C14H18N4O/c1-10(2)18(9-12-5-3-4-6-16-12)14(19)13-7-11(15)8-17-13/h3-8,10,17H,9,15H2,1-2H3. The zero-order chi connectivity index (χ0) is 13.8. The van der Waals surface area contributed by atoms with E-state index in [4.69, 9.17) is 5.73 Å². The van der Waals surface area contributed by atoms with Gasteiger partial charge in [0, 0.05) is 24.1 Å². The number of anilines is 1. The first-order valence-electron chi connectivity index (χ1n) is 6.22. The molecule has 5 nitrogen and oxygen atoms in total. The van der Waals surface area contributed by atoms with Crippen molar-refractivity contribution in [2.75, 3.05) is 5.73 Å². The van der Waals surface area contributed by atoms with Gasteiger partial charge in [-0.15, -0.1) is 0 Å². The third-order valence-electron chi connectivity index (χ3n) is 2.88. The minimum absolute atomic E-state index is 0.0719. The van der Waals surface area contributed by atoms with Crippen LogP contribution >= 0.6 is 0 Å². The van der Waals surface area contributed by atoms with E-state index in [0.717, 1.165) is 5.69 Å². The number of amides is 1. The highest BCUT2D eigenvalue weighted by Crippen LogP contribution is 2.13. The molecule has 0 fully saturated rings. The van der Waals surface area contributed by atoms with Crippen LogP contribution < -0.4 is 5.73 Å². The Labute approximate surface area is 112 Å². The number of H-pyrrole nitrogens is 1. The average Bonchev–Trinajstić information content (AvgIpc) is 2.83. The lowest BCUT2D eigenvalue weighted by atomic mass is 10.2. The van der Waals surface area contributed by atoms with E-state index < -0.39 is 0 Å². The second-order valence-electron chi connectivity index (χ2n) is 4.69. The molecule has 0 aliphatic rings. The summed E-state index contributed by atoms with van der Waals surface area (Å²) in [6.45, 7) is 4.44. The van der Waals surface area contributed by atoms with E-state index in [1.807, 2.05) is 32.0 Å². The Morgan fingerprint density at radius 2 is 2.26 bits per heavy atom. The maximum absolute atomic E-state index is 12.4. The molecule has 2 heterocycles. The Kier molecular flexibility index (Phi) is 3.85. The van der Waals surface area contributed by atoms with Crippen LogP contribution in [-0.4, -0.2) is 26.8 Å². The van der Waals surface area contributed by atoms with E-state index in [1.54, 1.807) is 23.4 Å². The van der Waals surface area contributed by atoms with Crippen molar-refractivity contribution < 1.29 is 4.79 Å². The number of nitrogens with two attached hydrogens (primary N) is 1. The van der Waals surface area contributed by atoms with Crippen molar-refractivity contribution in [3.05, 3.63) is 48.0 Å². The number of hydrogen-bond acceptors (Lipinski definition) is 3. The lowest BCUT2D eigenvalue weighted by Gasteiger charge is -2.25.